The number of allylic oxidation sites excluding steroid dienone is 2. The Kier molecular flexibility index (Phi) is 2.99. The van der Waals surface area contributed by atoms with Crippen LogP contribution in [0.15, 0.2) is 40.8 Å². The summed E-state index contributed by atoms with van der Waals surface area (Å²) in [7, 11) is 0. The van der Waals surface area contributed by atoms with Crippen LogP contribution in [0.1, 0.15) is 37.2 Å². The molecule has 1 saturated heterocycles. The minimum absolute atomic E-state index is 0.173. The maximum absolute atomic E-state index is 12.4. The molecule has 0 bridgehead atoms. The van der Waals surface area contributed by atoms with E-state index in [0.717, 1.165) is 36.3 Å². The number of hydrogen-bond acceptors (Lipinski definition) is 4. The van der Waals surface area contributed by atoms with E-state index in [1.54, 1.807) is 6.20 Å². The fraction of sp³-hybridized carbons (Fsp3) is 0.438. The summed E-state index contributed by atoms with van der Waals surface area (Å²) in [6.07, 6.45) is 7.36. The van der Waals surface area contributed by atoms with Crippen molar-refractivity contribution in [2.24, 2.45) is 4.99 Å². The lowest BCUT2D eigenvalue weighted by molar-refractivity contribution is -0.116. The number of carbonyl (C=O) groups excluding carboxylic acids is 1. The van der Waals surface area contributed by atoms with Gasteiger partial charge < -0.3 is 0 Å². The van der Waals surface area contributed by atoms with Gasteiger partial charge in [0, 0.05) is 41.7 Å². The average Bonchev–Trinajstić information content (AvgIpc) is 2.94. The number of nitrogens with zero attached hydrogens (tertiary/aromatic N) is 2. The number of fused-ring (bicyclic) bond motifs is 1. The van der Waals surface area contributed by atoms with E-state index in [2.05, 4.69) is 11.1 Å². The predicted molar refractivity (Wildman–Crippen MR) is 81.2 cm³/mol. The molecule has 2 aliphatic heterocycles. The maximum atomic E-state index is 12.4. The zero-order valence-corrected chi connectivity index (χ0v) is 12.0. The van der Waals surface area contributed by atoms with E-state index in [-0.39, 0.29) is 5.92 Å². The lowest BCUT2D eigenvalue weighted by Gasteiger charge is -2.33. The van der Waals surface area contributed by atoms with Crippen LogP contribution in [0.25, 0.3) is 0 Å². The number of aliphatic imine (C=N–C) groups is 1. The molecular weight excluding hydrogens is 268 g/mol. The molecule has 2 atom stereocenters. The van der Waals surface area contributed by atoms with Crippen LogP contribution in [0, 0.1) is 0 Å². The summed E-state index contributed by atoms with van der Waals surface area (Å²) in [6, 6.07) is 4.07. The molecule has 1 fully saturated rings. The molecule has 3 heterocycles. The van der Waals surface area contributed by atoms with E-state index in [1.807, 2.05) is 24.0 Å². The lowest BCUT2D eigenvalue weighted by atomic mass is 9.77. The zero-order valence-electron chi connectivity index (χ0n) is 11.2. The Hall–Kier alpha value is -1.42. The average molecular weight is 284 g/mol. The number of ketones is 1. The molecule has 3 aliphatic rings. The Bertz CT molecular complexity index is 621. The Labute approximate surface area is 122 Å². The van der Waals surface area contributed by atoms with Gasteiger partial charge >= 0.3 is 0 Å². The minimum Gasteiger partial charge on any atom is -0.294 e. The summed E-state index contributed by atoms with van der Waals surface area (Å²) < 4.78 is 0. The molecule has 1 aromatic rings. The van der Waals surface area contributed by atoms with Crippen molar-refractivity contribution in [3.63, 3.8) is 0 Å². The Morgan fingerprint density at radius 3 is 3.05 bits per heavy atom. The van der Waals surface area contributed by atoms with Crippen molar-refractivity contribution >= 4 is 23.3 Å². The third kappa shape index (κ3) is 1.85. The summed E-state index contributed by atoms with van der Waals surface area (Å²) >= 11 is 1.94. The van der Waals surface area contributed by atoms with Crippen molar-refractivity contribution < 1.29 is 4.79 Å². The molecule has 0 aromatic carbocycles. The van der Waals surface area contributed by atoms with E-state index in [4.69, 9.17) is 4.99 Å². The number of thioether (sulfide) groups is 1. The largest absolute Gasteiger partial charge is 0.294 e. The van der Waals surface area contributed by atoms with E-state index in [0.29, 0.717) is 17.5 Å². The van der Waals surface area contributed by atoms with Crippen LogP contribution in [0.2, 0.25) is 0 Å². The molecule has 1 aliphatic carbocycles. The van der Waals surface area contributed by atoms with Gasteiger partial charge in [-0.05, 0) is 36.6 Å². The van der Waals surface area contributed by atoms with Gasteiger partial charge in [0.2, 0.25) is 0 Å². The molecule has 20 heavy (non-hydrogen) atoms. The highest BCUT2D eigenvalue weighted by Crippen LogP contribution is 2.47. The van der Waals surface area contributed by atoms with Crippen molar-refractivity contribution in [3.8, 4) is 0 Å². The van der Waals surface area contributed by atoms with Gasteiger partial charge in [0.15, 0.2) is 5.78 Å². The first-order chi connectivity index (χ1) is 9.84. The lowest BCUT2D eigenvalue weighted by Crippen LogP contribution is -2.32. The second kappa shape index (κ2) is 4.85. The third-order valence-electron chi connectivity index (χ3n) is 4.35. The van der Waals surface area contributed by atoms with Crippen molar-refractivity contribution in [2.45, 2.75) is 36.9 Å². The Morgan fingerprint density at radius 2 is 2.20 bits per heavy atom. The molecule has 0 saturated carbocycles. The molecule has 0 radical (unpaired) electrons. The summed E-state index contributed by atoms with van der Waals surface area (Å²) in [4.78, 5) is 21.5. The van der Waals surface area contributed by atoms with Gasteiger partial charge in [-0.3, -0.25) is 14.8 Å². The highest BCUT2D eigenvalue weighted by atomic mass is 32.2. The van der Waals surface area contributed by atoms with Crippen LogP contribution in [-0.2, 0) is 4.79 Å². The molecule has 3 nitrogen and oxygen atoms in total. The summed E-state index contributed by atoms with van der Waals surface area (Å²) in [6.45, 7) is 0. The maximum Gasteiger partial charge on any atom is 0.161 e. The van der Waals surface area contributed by atoms with Crippen molar-refractivity contribution in [1.29, 1.82) is 0 Å². The minimum atomic E-state index is 0.173. The summed E-state index contributed by atoms with van der Waals surface area (Å²) in [5, 5.41) is 0.347. The van der Waals surface area contributed by atoms with Crippen LogP contribution in [-0.4, -0.2) is 27.5 Å². The molecule has 0 amide bonds. The first-order valence-corrected chi connectivity index (χ1v) is 8.24. The molecule has 0 spiro atoms. The molecule has 4 heteroatoms. The molecule has 0 N–H and O–H groups in total. The van der Waals surface area contributed by atoms with Crippen LogP contribution in [0.4, 0.5) is 0 Å². The Balaban J connectivity index is 1.87. The van der Waals surface area contributed by atoms with Crippen LogP contribution in [0.5, 0.6) is 0 Å². The quantitative estimate of drug-likeness (QED) is 0.795. The highest BCUT2D eigenvalue weighted by molar-refractivity contribution is 8.01. The SMILES string of the molecule is O=C1CCCC2=C1C(c1cccnc1)C1SCCC1=N2. The monoisotopic (exact) mass is 284 g/mol. The first-order valence-electron chi connectivity index (χ1n) is 7.20. The van der Waals surface area contributed by atoms with Crippen molar-refractivity contribution in [3.05, 3.63) is 41.4 Å². The summed E-state index contributed by atoms with van der Waals surface area (Å²) in [5.74, 6) is 1.59. The molecular formula is C16H16N2OS. The van der Waals surface area contributed by atoms with Gasteiger partial charge in [-0.2, -0.15) is 11.8 Å². The second-order valence-corrected chi connectivity index (χ2v) is 6.80. The summed E-state index contributed by atoms with van der Waals surface area (Å²) in [5.41, 5.74) is 4.50. The van der Waals surface area contributed by atoms with Crippen LogP contribution < -0.4 is 0 Å². The van der Waals surface area contributed by atoms with Gasteiger partial charge in [0.25, 0.3) is 0 Å². The fourth-order valence-electron chi connectivity index (χ4n) is 3.48. The van der Waals surface area contributed by atoms with Crippen molar-refractivity contribution in [1.82, 2.24) is 4.98 Å². The number of hydrogen-bond donors (Lipinski definition) is 0. The topological polar surface area (TPSA) is 42.3 Å². The van der Waals surface area contributed by atoms with Gasteiger partial charge in [0.05, 0.1) is 5.25 Å². The van der Waals surface area contributed by atoms with Crippen molar-refractivity contribution in [2.75, 3.05) is 5.75 Å². The molecule has 4 rings (SSSR count). The zero-order chi connectivity index (χ0) is 13.5. The van der Waals surface area contributed by atoms with Gasteiger partial charge in [0.1, 0.15) is 0 Å². The number of aromatic nitrogens is 1. The van der Waals surface area contributed by atoms with E-state index >= 15 is 0 Å². The van der Waals surface area contributed by atoms with Crippen LogP contribution >= 0.6 is 11.8 Å². The van der Waals surface area contributed by atoms with E-state index < -0.39 is 0 Å². The predicted octanol–water partition coefficient (Wildman–Crippen LogP) is 3.13. The molecule has 102 valence electrons. The Morgan fingerprint density at radius 1 is 1.25 bits per heavy atom. The molecule has 2 unspecified atom stereocenters. The fourth-order valence-corrected chi connectivity index (χ4v) is 4.91. The number of rotatable bonds is 1. The number of Topliss-reactive ketones (excluding diaryl/α,β-unsaturated/α-hetero) is 1. The third-order valence-corrected chi connectivity index (χ3v) is 5.69. The standard InChI is InChI=1S/C16H16N2OS/c19-13-5-1-4-11-15(13)14(10-3-2-7-17-9-10)16-12(18-11)6-8-20-16/h2-3,7,9,14,16H,1,4-6,8H2. The van der Waals surface area contributed by atoms with E-state index in [9.17, 15) is 4.79 Å². The van der Waals surface area contributed by atoms with Gasteiger partial charge in [-0.25, -0.2) is 0 Å². The normalized spacial score (nSPS) is 29.0. The van der Waals surface area contributed by atoms with Crippen LogP contribution in [0.3, 0.4) is 0 Å². The first kappa shape index (κ1) is 12.3. The van der Waals surface area contributed by atoms with Gasteiger partial charge in [-0.1, -0.05) is 6.07 Å². The van der Waals surface area contributed by atoms with Gasteiger partial charge in [-0.15, -0.1) is 0 Å². The second-order valence-electron chi connectivity index (χ2n) is 5.55. The number of carbonyl (C=O) groups is 1. The number of pyridine rings is 1. The smallest absolute Gasteiger partial charge is 0.161 e. The van der Waals surface area contributed by atoms with E-state index in [1.165, 1.54) is 11.3 Å². The molecule has 1 aromatic heterocycles. The highest BCUT2D eigenvalue weighted by Gasteiger charge is 2.42.